The lowest BCUT2D eigenvalue weighted by molar-refractivity contribution is -0.114. The topological polar surface area (TPSA) is 79.4 Å². The maximum atomic E-state index is 12.9. The number of fused-ring (bicyclic) bond motifs is 1. The highest BCUT2D eigenvalue weighted by Crippen LogP contribution is 2.31. The van der Waals surface area contributed by atoms with Gasteiger partial charge in [-0.1, -0.05) is 12.1 Å². The van der Waals surface area contributed by atoms with E-state index in [1.54, 1.807) is 19.2 Å². The average molecular weight is 390 g/mol. The Balaban J connectivity index is 1.86. The first kappa shape index (κ1) is 18.5. The third-order valence-corrected chi connectivity index (χ3v) is 7.21. The summed E-state index contributed by atoms with van der Waals surface area (Å²) in [6, 6.07) is 13.5. The molecule has 1 aromatic heterocycles. The van der Waals surface area contributed by atoms with Crippen LogP contribution < -0.4 is 5.32 Å². The summed E-state index contributed by atoms with van der Waals surface area (Å²) in [4.78, 5) is 15.8. The molecular formula is C18H19N3O3S2. The average Bonchev–Trinajstić information content (AvgIpc) is 3.04. The molecule has 0 spiro atoms. The van der Waals surface area contributed by atoms with Crippen LogP contribution >= 0.6 is 11.3 Å². The van der Waals surface area contributed by atoms with Gasteiger partial charge in [0.15, 0.2) is 0 Å². The molecule has 0 saturated carbocycles. The minimum atomic E-state index is -3.68. The van der Waals surface area contributed by atoms with E-state index in [1.807, 2.05) is 31.2 Å². The number of carbonyl (C=O) groups excluding carboxylic acids is 1. The first-order valence-corrected chi connectivity index (χ1v) is 10.3. The molecule has 1 amide bonds. The zero-order valence-corrected chi connectivity index (χ0v) is 16.3. The summed E-state index contributed by atoms with van der Waals surface area (Å²) in [6.45, 7) is 3.22. The van der Waals surface area contributed by atoms with E-state index in [0.717, 1.165) is 15.2 Å². The number of nitrogens with zero attached hydrogens (tertiary/aromatic N) is 2. The summed E-state index contributed by atoms with van der Waals surface area (Å²) in [5.41, 5.74) is 1.42. The second-order valence-electron chi connectivity index (χ2n) is 5.92. The Kier molecular flexibility index (Phi) is 5.08. The molecule has 1 heterocycles. The van der Waals surface area contributed by atoms with Gasteiger partial charge in [0.05, 0.1) is 21.2 Å². The summed E-state index contributed by atoms with van der Waals surface area (Å²) in [6.07, 6.45) is 0. The molecule has 1 N–H and O–H groups in total. The molecule has 1 atom stereocenters. The van der Waals surface area contributed by atoms with Crippen molar-refractivity contribution in [2.45, 2.75) is 24.8 Å². The van der Waals surface area contributed by atoms with Gasteiger partial charge in [0.1, 0.15) is 5.01 Å². The zero-order valence-electron chi connectivity index (χ0n) is 14.6. The molecule has 6 nitrogen and oxygen atoms in total. The molecule has 0 aliphatic carbocycles. The monoisotopic (exact) mass is 389 g/mol. The van der Waals surface area contributed by atoms with Gasteiger partial charge in [-0.05, 0) is 43.3 Å². The van der Waals surface area contributed by atoms with Crippen LogP contribution in [-0.4, -0.2) is 30.7 Å². The number of hydrogen-bond donors (Lipinski definition) is 1. The number of aromatic nitrogens is 1. The molecule has 0 aliphatic heterocycles. The van der Waals surface area contributed by atoms with Crippen molar-refractivity contribution in [2.24, 2.45) is 0 Å². The molecule has 26 heavy (non-hydrogen) atoms. The molecule has 0 saturated heterocycles. The molecular weight excluding hydrogens is 370 g/mol. The predicted molar refractivity (Wildman–Crippen MR) is 104 cm³/mol. The fourth-order valence-electron chi connectivity index (χ4n) is 2.51. The molecule has 0 bridgehead atoms. The van der Waals surface area contributed by atoms with Crippen molar-refractivity contribution in [3.8, 4) is 0 Å². The Labute approximate surface area is 156 Å². The number of sulfonamides is 1. The van der Waals surface area contributed by atoms with Crippen LogP contribution in [0.3, 0.4) is 0 Å². The largest absolute Gasteiger partial charge is 0.326 e. The summed E-state index contributed by atoms with van der Waals surface area (Å²) in [7, 11) is -2.13. The van der Waals surface area contributed by atoms with Gasteiger partial charge in [-0.25, -0.2) is 13.4 Å². The lowest BCUT2D eigenvalue weighted by atomic mass is 10.3. The van der Waals surface area contributed by atoms with Crippen LogP contribution in [0, 0.1) is 0 Å². The van der Waals surface area contributed by atoms with Crippen LogP contribution in [0.15, 0.2) is 53.4 Å². The molecule has 3 aromatic rings. The third-order valence-electron chi connectivity index (χ3n) is 4.06. The summed E-state index contributed by atoms with van der Waals surface area (Å²) < 4.78 is 28.2. The number of hydrogen-bond acceptors (Lipinski definition) is 5. The van der Waals surface area contributed by atoms with E-state index < -0.39 is 16.1 Å². The molecule has 0 fully saturated rings. The first-order valence-electron chi connectivity index (χ1n) is 8.00. The number of carbonyl (C=O) groups is 1. The van der Waals surface area contributed by atoms with E-state index in [-0.39, 0.29) is 10.8 Å². The minimum absolute atomic E-state index is 0.169. The van der Waals surface area contributed by atoms with E-state index in [0.29, 0.717) is 5.69 Å². The molecule has 0 radical (unpaired) electrons. The number of thiazole rings is 1. The number of anilines is 1. The highest BCUT2D eigenvalue weighted by Gasteiger charge is 2.28. The van der Waals surface area contributed by atoms with Crippen molar-refractivity contribution in [3.63, 3.8) is 0 Å². The van der Waals surface area contributed by atoms with Crippen LogP contribution in [0.5, 0.6) is 0 Å². The second-order valence-corrected chi connectivity index (χ2v) is 8.98. The van der Waals surface area contributed by atoms with Gasteiger partial charge in [0.2, 0.25) is 15.9 Å². The molecule has 0 aliphatic rings. The number of rotatable bonds is 5. The van der Waals surface area contributed by atoms with Crippen LogP contribution in [-0.2, 0) is 14.8 Å². The Morgan fingerprint density at radius 3 is 2.42 bits per heavy atom. The zero-order chi connectivity index (χ0) is 18.9. The van der Waals surface area contributed by atoms with E-state index >= 15 is 0 Å². The fraction of sp³-hybridized carbons (Fsp3) is 0.222. The summed E-state index contributed by atoms with van der Waals surface area (Å²) >= 11 is 1.49. The molecule has 1 unspecified atom stereocenters. The van der Waals surface area contributed by atoms with Crippen molar-refractivity contribution in [1.82, 2.24) is 9.29 Å². The van der Waals surface area contributed by atoms with E-state index in [2.05, 4.69) is 10.3 Å². The normalized spacial score (nSPS) is 13.1. The van der Waals surface area contributed by atoms with Crippen molar-refractivity contribution in [2.75, 3.05) is 12.4 Å². The lowest BCUT2D eigenvalue weighted by Crippen LogP contribution is -2.29. The van der Waals surface area contributed by atoms with E-state index in [9.17, 15) is 13.2 Å². The smallest absolute Gasteiger partial charge is 0.243 e. The Hall–Kier alpha value is -2.29. The molecule has 8 heteroatoms. The lowest BCUT2D eigenvalue weighted by Gasteiger charge is -2.22. The van der Waals surface area contributed by atoms with Crippen LogP contribution in [0.1, 0.15) is 24.9 Å². The number of nitrogens with one attached hydrogen (secondary N) is 1. The van der Waals surface area contributed by atoms with Gasteiger partial charge in [-0.15, -0.1) is 11.3 Å². The second kappa shape index (κ2) is 7.14. The Morgan fingerprint density at radius 1 is 1.15 bits per heavy atom. The highest BCUT2D eigenvalue weighted by atomic mass is 32.2. The van der Waals surface area contributed by atoms with E-state index in [4.69, 9.17) is 0 Å². The van der Waals surface area contributed by atoms with Gasteiger partial charge in [-0.2, -0.15) is 4.31 Å². The summed E-state index contributed by atoms with van der Waals surface area (Å²) in [5.74, 6) is -0.206. The maximum absolute atomic E-state index is 12.9. The first-order chi connectivity index (χ1) is 12.3. The van der Waals surface area contributed by atoms with Gasteiger partial charge >= 0.3 is 0 Å². The standard InChI is InChI=1S/C18H19N3O3S2/c1-12(18-20-16-6-4-5-7-17(16)25-18)21(3)26(23,24)15-10-8-14(9-11-15)19-13(2)22/h4-12H,1-3H3,(H,19,22). The molecule has 3 rings (SSSR count). The Bertz CT molecular complexity index is 1010. The number of para-hydroxylation sites is 1. The van der Waals surface area contributed by atoms with Crippen molar-refractivity contribution < 1.29 is 13.2 Å². The predicted octanol–water partition coefficient (Wildman–Crippen LogP) is 3.64. The number of benzene rings is 2. The van der Waals surface area contributed by atoms with Gasteiger partial charge in [-0.3, -0.25) is 4.79 Å². The number of amides is 1. The van der Waals surface area contributed by atoms with Crippen molar-refractivity contribution in [1.29, 1.82) is 0 Å². The summed E-state index contributed by atoms with van der Waals surface area (Å²) in [5, 5.41) is 3.36. The van der Waals surface area contributed by atoms with Crippen LogP contribution in [0.25, 0.3) is 10.2 Å². The van der Waals surface area contributed by atoms with Crippen LogP contribution in [0.4, 0.5) is 5.69 Å². The molecule has 2 aromatic carbocycles. The maximum Gasteiger partial charge on any atom is 0.243 e. The van der Waals surface area contributed by atoms with Crippen LogP contribution in [0.2, 0.25) is 0 Å². The SMILES string of the molecule is CC(=O)Nc1ccc(S(=O)(=O)N(C)C(C)c2nc3ccccc3s2)cc1. The third kappa shape index (κ3) is 3.62. The van der Waals surface area contributed by atoms with Gasteiger partial charge in [0.25, 0.3) is 0 Å². The molecule has 136 valence electrons. The van der Waals surface area contributed by atoms with Gasteiger partial charge in [0, 0.05) is 19.7 Å². The van der Waals surface area contributed by atoms with Crippen molar-refractivity contribution >= 4 is 43.2 Å². The highest BCUT2D eigenvalue weighted by molar-refractivity contribution is 7.89. The van der Waals surface area contributed by atoms with Crippen molar-refractivity contribution in [3.05, 3.63) is 53.5 Å². The minimum Gasteiger partial charge on any atom is -0.326 e. The Morgan fingerprint density at radius 2 is 1.81 bits per heavy atom. The quantitative estimate of drug-likeness (QED) is 0.723. The van der Waals surface area contributed by atoms with Gasteiger partial charge < -0.3 is 5.32 Å². The fourth-order valence-corrected chi connectivity index (χ4v) is 4.97. The van der Waals surface area contributed by atoms with E-state index in [1.165, 1.54) is 34.7 Å².